The van der Waals surface area contributed by atoms with Crippen LogP contribution in [0.2, 0.25) is 0 Å². The number of nitrogens with zero attached hydrogens (tertiary/aromatic N) is 6. The number of rotatable bonds is 3. The zero-order chi connectivity index (χ0) is 19.8. The van der Waals surface area contributed by atoms with Crippen molar-refractivity contribution in [3.05, 3.63) is 83.0 Å². The summed E-state index contributed by atoms with van der Waals surface area (Å²) in [6, 6.07) is 14.7. The van der Waals surface area contributed by atoms with E-state index < -0.39 is 0 Å². The van der Waals surface area contributed by atoms with Crippen LogP contribution >= 0.6 is 0 Å². The van der Waals surface area contributed by atoms with Crippen LogP contribution in [0.3, 0.4) is 0 Å². The quantitative estimate of drug-likeness (QED) is 0.513. The monoisotopic (exact) mass is 381 g/mol. The predicted molar refractivity (Wildman–Crippen MR) is 110 cm³/mol. The molecule has 0 bridgehead atoms. The lowest BCUT2D eigenvalue weighted by Crippen LogP contribution is -2.11. The van der Waals surface area contributed by atoms with Gasteiger partial charge in [0.1, 0.15) is 5.69 Å². The first-order valence-corrected chi connectivity index (χ1v) is 8.99. The highest BCUT2D eigenvalue weighted by Crippen LogP contribution is 2.25. The maximum atomic E-state index is 12.2. The van der Waals surface area contributed by atoms with Gasteiger partial charge in [0.25, 0.3) is 5.56 Å². The van der Waals surface area contributed by atoms with E-state index in [9.17, 15) is 4.79 Å². The smallest absolute Gasteiger partial charge is 0.293 e. The van der Waals surface area contributed by atoms with Crippen molar-refractivity contribution in [3.8, 4) is 11.4 Å². The summed E-state index contributed by atoms with van der Waals surface area (Å²) in [5.74, 6) is 0.907. The summed E-state index contributed by atoms with van der Waals surface area (Å²) in [5, 5.41) is 8.55. The SMILES string of the molecule is Cc1cncc(-c2nc3c4ccccc4nc(Nc4ccccnc4=O)n3n2)c1. The molecule has 1 N–H and O–H groups in total. The first-order chi connectivity index (χ1) is 14.2. The molecule has 29 heavy (non-hydrogen) atoms. The second-order valence-corrected chi connectivity index (χ2v) is 6.55. The Bertz CT molecular complexity index is 1430. The molecule has 4 aromatic heterocycles. The van der Waals surface area contributed by atoms with Crippen molar-refractivity contribution in [1.29, 1.82) is 0 Å². The van der Waals surface area contributed by atoms with Crippen molar-refractivity contribution in [2.45, 2.75) is 6.92 Å². The Hall–Kier alpha value is -4.20. The molecule has 0 aliphatic rings. The molecule has 0 unspecified atom stereocenters. The number of aromatic nitrogens is 6. The van der Waals surface area contributed by atoms with Crippen molar-refractivity contribution < 1.29 is 0 Å². The number of fused-ring (bicyclic) bond motifs is 3. The molecule has 0 aliphatic heterocycles. The number of aryl methyl sites for hydroxylation is 1. The molecule has 0 fully saturated rings. The Morgan fingerprint density at radius 3 is 2.76 bits per heavy atom. The molecule has 0 saturated carbocycles. The molecule has 8 nitrogen and oxygen atoms in total. The number of hydrogen-bond acceptors (Lipinski definition) is 7. The normalized spacial score (nSPS) is 11.1. The molecule has 4 heterocycles. The summed E-state index contributed by atoms with van der Waals surface area (Å²) in [5.41, 5.74) is 3.11. The molecule has 0 atom stereocenters. The number of pyridine rings is 1. The molecule has 140 valence electrons. The largest absolute Gasteiger partial charge is 0.319 e. The Morgan fingerprint density at radius 1 is 1.00 bits per heavy atom. The Labute approximate surface area is 164 Å². The Kier molecular flexibility index (Phi) is 3.94. The summed E-state index contributed by atoms with van der Waals surface area (Å²) in [7, 11) is 0. The van der Waals surface area contributed by atoms with E-state index >= 15 is 0 Å². The number of para-hydroxylation sites is 1. The minimum absolute atomic E-state index is 0.299. The van der Waals surface area contributed by atoms with Crippen molar-refractivity contribution in [2.24, 2.45) is 0 Å². The molecule has 0 saturated heterocycles. The zero-order valence-corrected chi connectivity index (χ0v) is 15.4. The van der Waals surface area contributed by atoms with Crippen LogP contribution in [0.4, 0.5) is 11.6 Å². The van der Waals surface area contributed by atoms with E-state index in [1.54, 1.807) is 35.1 Å². The van der Waals surface area contributed by atoms with Gasteiger partial charge < -0.3 is 5.32 Å². The minimum atomic E-state index is -0.388. The maximum absolute atomic E-state index is 12.2. The molecular weight excluding hydrogens is 366 g/mol. The van der Waals surface area contributed by atoms with Gasteiger partial charge in [0.15, 0.2) is 11.5 Å². The fourth-order valence-corrected chi connectivity index (χ4v) is 3.10. The lowest BCUT2D eigenvalue weighted by Gasteiger charge is -2.07. The van der Waals surface area contributed by atoms with Gasteiger partial charge in [0.05, 0.1) is 5.52 Å². The van der Waals surface area contributed by atoms with E-state index in [0.717, 1.165) is 22.0 Å². The molecule has 0 spiro atoms. The first kappa shape index (κ1) is 16.9. The van der Waals surface area contributed by atoms with Gasteiger partial charge in [-0.1, -0.05) is 18.2 Å². The van der Waals surface area contributed by atoms with Gasteiger partial charge in [0.2, 0.25) is 5.95 Å². The average Bonchev–Trinajstić information content (AvgIpc) is 3.09. The van der Waals surface area contributed by atoms with Crippen molar-refractivity contribution in [1.82, 2.24) is 29.5 Å². The van der Waals surface area contributed by atoms with Crippen LogP contribution in [0, 0.1) is 6.92 Å². The number of anilines is 2. The summed E-state index contributed by atoms with van der Waals surface area (Å²) >= 11 is 0. The van der Waals surface area contributed by atoms with E-state index in [0.29, 0.717) is 23.1 Å². The molecule has 0 amide bonds. The molecule has 8 heteroatoms. The summed E-state index contributed by atoms with van der Waals surface area (Å²) in [6.45, 7) is 1.97. The van der Waals surface area contributed by atoms with Crippen LogP contribution in [0.15, 0.2) is 71.9 Å². The summed E-state index contributed by atoms with van der Waals surface area (Å²) in [4.78, 5) is 29.7. The van der Waals surface area contributed by atoms with E-state index in [-0.39, 0.29) is 5.56 Å². The van der Waals surface area contributed by atoms with Crippen molar-refractivity contribution in [2.75, 3.05) is 5.32 Å². The van der Waals surface area contributed by atoms with E-state index in [1.807, 2.05) is 37.3 Å². The molecular formula is C21H15N7O. The standard InChI is InChI=1S/C21H15N7O/c1-13-10-14(12-22-11-13)18-26-19-15-6-2-3-7-16(15)24-21(28(19)27-18)25-17-8-4-5-9-23-20(17)29/h2-12H,1H3,(H,23,24,25,29). The van der Waals surface area contributed by atoms with Gasteiger partial charge in [-0.25, -0.2) is 15.0 Å². The van der Waals surface area contributed by atoms with Crippen LogP contribution in [0.1, 0.15) is 5.56 Å². The van der Waals surface area contributed by atoms with Crippen LogP contribution in [-0.4, -0.2) is 29.5 Å². The summed E-state index contributed by atoms with van der Waals surface area (Å²) in [6.07, 6.45) is 4.96. The number of benzene rings is 1. The number of hydrogen-bond donors (Lipinski definition) is 1. The first-order valence-electron chi connectivity index (χ1n) is 8.99. The second-order valence-electron chi connectivity index (χ2n) is 6.55. The van der Waals surface area contributed by atoms with E-state index in [2.05, 4.69) is 25.4 Å². The van der Waals surface area contributed by atoms with Crippen LogP contribution < -0.4 is 10.9 Å². The highest BCUT2D eigenvalue weighted by atomic mass is 16.1. The van der Waals surface area contributed by atoms with Crippen LogP contribution in [-0.2, 0) is 0 Å². The van der Waals surface area contributed by atoms with Gasteiger partial charge in [-0.3, -0.25) is 9.78 Å². The molecule has 0 aliphatic carbocycles. The third-order valence-corrected chi connectivity index (χ3v) is 4.44. The lowest BCUT2D eigenvalue weighted by atomic mass is 10.2. The van der Waals surface area contributed by atoms with Crippen molar-refractivity contribution in [3.63, 3.8) is 0 Å². The maximum Gasteiger partial charge on any atom is 0.293 e. The molecule has 5 aromatic rings. The lowest BCUT2D eigenvalue weighted by molar-refractivity contribution is 0.947. The second kappa shape index (κ2) is 6.75. The fraction of sp³-hybridized carbons (Fsp3) is 0.0476. The third-order valence-electron chi connectivity index (χ3n) is 4.44. The molecule has 1 aromatic carbocycles. The third kappa shape index (κ3) is 3.06. The highest BCUT2D eigenvalue weighted by Gasteiger charge is 2.15. The predicted octanol–water partition coefficient (Wildman–Crippen LogP) is 3.15. The van der Waals surface area contributed by atoms with Gasteiger partial charge in [-0.05, 0) is 42.8 Å². The van der Waals surface area contributed by atoms with Crippen molar-refractivity contribution >= 4 is 28.2 Å². The van der Waals surface area contributed by atoms with Crippen LogP contribution in [0.5, 0.6) is 0 Å². The Balaban J connectivity index is 1.76. The van der Waals surface area contributed by atoms with Gasteiger partial charge in [-0.15, -0.1) is 5.10 Å². The highest BCUT2D eigenvalue weighted by molar-refractivity contribution is 5.93. The Morgan fingerprint density at radius 2 is 1.86 bits per heavy atom. The van der Waals surface area contributed by atoms with E-state index in [1.165, 1.54) is 6.20 Å². The fourth-order valence-electron chi connectivity index (χ4n) is 3.10. The van der Waals surface area contributed by atoms with Gasteiger partial charge in [0, 0.05) is 29.5 Å². The number of nitrogens with one attached hydrogen (secondary N) is 1. The van der Waals surface area contributed by atoms with Gasteiger partial charge in [-0.2, -0.15) is 4.52 Å². The molecule has 0 radical (unpaired) electrons. The topological polar surface area (TPSA) is 98.0 Å². The van der Waals surface area contributed by atoms with E-state index in [4.69, 9.17) is 4.98 Å². The van der Waals surface area contributed by atoms with Gasteiger partial charge >= 0.3 is 0 Å². The minimum Gasteiger partial charge on any atom is -0.319 e. The summed E-state index contributed by atoms with van der Waals surface area (Å²) < 4.78 is 1.60. The zero-order valence-electron chi connectivity index (χ0n) is 15.4. The molecule has 5 rings (SSSR count). The van der Waals surface area contributed by atoms with Crippen LogP contribution in [0.25, 0.3) is 27.9 Å². The average molecular weight is 381 g/mol.